The molecule has 0 aromatic carbocycles. The van der Waals surface area contributed by atoms with Gasteiger partial charge in [-0.05, 0) is 26.3 Å². The highest BCUT2D eigenvalue weighted by molar-refractivity contribution is 6.02. The van der Waals surface area contributed by atoms with E-state index in [2.05, 4.69) is 5.32 Å². The number of hydrogen-bond acceptors (Lipinski definition) is 5. The zero-order chi connectivity index (χ0) is 13.0. The van der Waals surface area contributed by atoms with Gasteiger partial charge in [0, 0.05) is 0 Å². The Hall–Kier alpha value is -1.47. The lowest BCUT2D eigenvalue weighted by molar-refractivity contribution is -0.153. The molecular weight excluding hydrogens is 226 g/mol. The normalized spacial score (nSPS) is 20.9. The van der Waals surface area contributed by atoms with Crippen molar-refractivity contribution in [2.45, 2.75) is 31.8 Å². The number of nitrogens with one attached hydrogen (secondary N) is 1. The molecule has 1 heterocycles. The molecule has 1 rings (SSSR count). The van der Waals surface area contributed by atoms with Gasteiger partial charge in [0.25, 0.3) is 0 Å². The van der Waals surface area contributed by atoms with E-state index in [0.29, 0.717) is 13.0 Å². The molecule has 0 radical (unpaired) electrons. The van der Waals surface area contributed by atoms with E-state index in [1.807, 2.05) is 0 Å². The number of amides is 2. The lowest BCUT2D eigenvalue weighted by Crippen LogP contribution is -2.52. The Bertz CT molecular complexity index is 324. The standard InChI is InChI=1S/C10H17N3O4/c1-6(11)9(16)13(5-8(14)15)10(17)7-3-2-4-12-7/h6-7,12H,2-5,11H2,1H3,(H,14,15). The van der Waals surface area contributed by atoms with Gasteiger partial charge >= 0.3 is 5.97 Å². The van der Waals surface area contributed by atoms with Gasteiger partial charge < -0.3 is 16.2 Å². The van der Waals surface area contributed by atoms with Crippen molar-refractivity contribution in [2.24, 2.45) is 5.73 Å². The van der Waals surface area contributed by atoms with Gasteiger partial charge in [-0.1, -0.05) is 0 Å². The molecule has 0 spiro atoms. The number of nitrogens with two attached hydrogens (primary N) is 1. The van der Waals surface area contributed by atoms with Crippen molar-refractivity contribution in [2.75, 3.05) is 13.1 Å². The average Bonchev–Trinajstić information content (AvgIpc) is 2.76. The fourth-order valence-electron chi connectivity index (χ4n) is 1.73. The molecule has 0 saturated carbocycles. The summed E-state index contributed by atoms with van der Waals surface area (Å²) in [7, 11) is 0. The third kappa shape index (κ3) is 3.50. The number of carbonyl (C=O) groups is 3. The van der Waals surface area contributed by atoms with Crippen molar-refractivity contribution in [3.8, 4) is 0 Å². The van der Waals surface area contributed by atoms with Crippen LogP contribution in [0.5, 0.6) is 0 Å². The highest BCUT2D eigenvalue weighted by atomic mass is 16.4. The van der Waals surface area contributed by atoms with Crippen molar-refractivity contribution in [3.05, 3.63) is 0 Å². The number of aliphatic carboxylic acids is 1. The summed E-state index contributed by atoms with van der Waals surface area (Å²) in [4.78, 5) is 35.0. The van der Waals surface area contributed by atoms with Crippen LogP contribution in [0.4, 0.5) is 0 Å². The van der Waals surface area contributed by atoms with E-state index < -0.39 is 36.4 Å². The van der Waals surface area contributed by atoms with E-state index in [-0.39, 0.29) is 0 Å². The third-order valence-corrected chi connectivity index (χ3v) is 2.57. The first-order valence-electron chi connectivity index (χ1n) is 5.49. The molecule has 1 fully saturated rings. The van der Waals surface area contributed by atoms with Gasteiger partial charge in [0.2, 0.25) is 11.8 Å². The zero-order valence-corrected chi connectivity index (χ0v) is 9.68. The summed E-state index contributed by atoms with van der Waals surface area (Å²) in [5, 5.41) is 11.6. The molecular formula is C10H17N3O4. The number of hydrogen-bond donors (Lipinski definition) is 3. The Labute approximate surface area is 98.9 Å². The summed E-state index contributed by atoms with van der Waals surface area (Å²) >= 11 is 0. The summed E-state index contributed by atoms with van der Waals surface area (Å²) in [6, 6.07) is -1.36. The summed E-state index contributed by atoms with van der Waals surface area (Å²) in [6.45, 7) is 1.48. The highest BCUT2D eigenvalue weighted by Crippen LogP contribution is 2.09. The van der Waals surface area contributed by atoms with Crippen LogP contribution in [0.1, 0.15) is 19.8 Å². The fourth-order valence-corrected chi connectivity index (χ4v) is 1.73. The van der Waals surface area contributed by atoms with Crippen LogP contribution in [0.15, 0.2) is 0 Å². The van der Waals surface area contributed by atoms with E-state index in [9.17, 15) is 14.4 Å². The van der Waals surface area contributed by atoms with Crippen LogP contribution in [0.25, 0.3) is 0 Å². The minimum absolute atomic E-state index is 0.475. The van der Waals surface area contributed by atoms with Crippen molar-refractivity contribution in [1.82, 2.24) is 10.2 Å². The molecule has 0 aliphatic carbocycles. The Morgan fingerprint density at radius 3 is 2.59 bits per heavy atom. The molecule has 1 saturated heterocycles. The van der Waals surface area contributed by atoms with E-state index in [1.165, 1.54) is 6.92 Å². The van der Waals surface area contributed by atoms with Crippen molar-refractivity contribution >= 4 is 17.8 Å². The van der Waals surface area contributed by atoms with E-state index >= 15 is 0 Å². The largest absolute Gasteiger partial charge is 0.480 e. The maximum Gasteiger partial charge on any atom is 0.323 e. The molecule has 96 valence electrons. The minimum atomic E-state index is -1.23. The van der Waals surface area contributed by atoms with Crippen LogP contribution in [0.3, 0.4) is 0 Å². The van der Waals surface area contributed by atoms with Gasteiger partial charge in [-0.3, -0.25) is 19.3 Å². The summed E-state index contributed by atoms with van der Waals surface area (Å²) in [5.41, 5.74) is 5.39. The number of carboxylic acid groups (broad SMARTS) is 1. The quantitative estimate of drug-likeness (QED) is 0.555. The van der Waals surface area contributed by atoms with Gasteiger partial charge in [0.05, 0.1) is 12.1 Å². The van der Waals surface area contributed by atoms with Gasteiger partial charge in [0.15, 0.2) is 0 Å². The first-order valence-corrected chi connectivity index (χ1v) is 5.49. The number of rotatable bonds is 4. The van der Waals surface area contributed by atoms with Crippen LogP contribution in [0.2, 0.25) is 0 Å². The average molecular weight is 243 g/mol. The highest BCUT2D eigenvalue weighted by Gasteiger charge is 2.32. The molecule has 2 amide bonds. The monoisotopic (exact) mass is 243 g/mol. The Morgan fingerprint density at radius 2 is 2.18 bits per heavy atom. The molecule has 7 heteroatoms. The fraction of sp³-hybridized carbons (Fsp3) is 0.700. The molecule has 1 aliphatic rings. The molecule has 2 atom stereocenters. The molecule has 0 bridgehead atoms. The number of carbonyl (C=O) groups excluding carboxylic acids is 2. The molecule has 2 unspecified atom stereocenters. The van der Waals surface area contributed by atoms with Crippen LogP contribution >= 0.6 is 0 Å². The van der Waals surface area contributed by atoms with Crippen molar-refractivity contribution in [1.29, 1.82) is 0 Å². The van der Waals surface area contributed by atoms with Crippen molar-refractivity contribution < 1.29 is 19.5 Å². The lowest BCUT2D eigenvalue weighted by atomic mass is 10.2. The molecule has 17 heavy (non-hydrogen) atoms. The second-order valence-corrected chi connectivity index (χ2v) is 4.09. The molecule has 1 aliphatic heterocycles. The van der Waals surface area contributed by atoms with Crippen LogP contribution in [0, 0.1) is 0 Å². The summed E-state index contributed by atoms with van der Waals surface area (Å²) < 4.78 is 0. The second kappa shape index (κ2) is 5.74. The van der Waals surface area contributed by atoms with Crippen LogP contribution in [-0.4, -0.2) is 53.0 Å². The van der Waals surface area contributed by atoms with Gasteiger partial charge in [-0.2, -0.15) is 0 Å². The lowest BCUT2D eigenvalue weighted by Gasteiger charge is -2.23. The van der Waals surface area contributed by atoms with Gasteiger partial charge in [-0.25, -0.2) is 0 Å². The molecule has 0 aromatic rings. The number of imide groups is 1. The predicted octanol–water partition coefficient (Wildman–Crippen LogP) is -1.47. The maximum absolute atomic E-state index is 12.0. The Balaban J connectivity index is 2.77. The van der Waals surface area contributed by atoms with Crippen LogP contribution in [-0.2, 0) is 14.4 Å². The third-order valence-electron chi connectivity index (χ3n) is 2.57. The Morgan fingerprint density at radius 1 is 1.53 bits per heavy atom. The van der Waals surface area contributed by atoms with E-state index in [4.69, 9.17) is 10.8 Å². The minimum Gasteiger partial charge on any atom is -0.480 e. The zero-order valence-electron chi connectivity index (χ0n) is 9.68. The van der Waals surface area contributed by atoms with Gasteiger partial charge in [0.1, 0.15) is 6.54 Å². The smallest absolute Gasteiger partial charge is 0.323 e. The Kier molecular flexibility index (Phi) is 4.59. The van der Waals surface area contributed by atoms with E-state index in [1.54, 1.807) is 0 Å². The first kappa shape index (κ1) is 13.6. The second-order valence-electron chi connectivity index (χ2n) is 4.09. The topological polar surface area (TPSA) is 113 Å². The van der Waals surface area contributed by atoms with Gasteiger partial charge in [-0.15, -0.1) is 0 Å². The summed E-state index contributed by atoms with van der Waals surface area (Å²) in [6.07, 6.45) is 1.45. The maximum atomic E-state index is 12.0. The number of carboxylic acids is 1. The predicted molar refractivity (Wildman–Crippen MR) is 59.0 cm³/mol. The molecule has 0 aromatic heterocycles. The molecule has 4 N–H and O–H groups in total. The first-order chi connectivity index (χ1) is 7.93. The van der Waals surface area contributed by atoms with E-state index in [0.717, 1.165) is 11.3 Å². The van der Waals surface area contributed by atoms with Crippen molar-refractivity contribution in [3.63, 3.8) is 0 Å². The number of nitrogens with zero attached hydrogens (tertiary/aromatic N) is 1. The summed E-state index contributed by atoms with van der Waals surface area (Å²) in [5.74, 6) is -2.40. The van der Waals surface area contributed by atoms with Crippen LogP contribution < -0.4 is 11.1 Å². The molecule has 7 nitrogen and oxygen atoms in total. The SMILES string of the molecule is CC(N)C(=O)N(CC(=O)O)C(=O)C1CCCN1.